The molecule has 2 N–H and O–H groups in total. The molecule has 0 aromatic carbocycles. The van der Waals surface area contributed by atoms with Crippen LogP contribution in [0, 0.1) is 0 Å². The number of nitrogens with one attached hydrogen (secondary N) is 1. The van der Waals surface area contributed by atoms with E-state index in [0.29, 0.717) is 18.4 Å². The predicted octanol–water partition coefficient (Wildman–Crippen LogP) is 2.13. The number of hydrogen-bond acceptors (Lipinski definition) is 3. The molecule has 0 spiro atoms. The number of aliphatic carboxylic acids is 1. The maximum Gasteiger partial charge on any atom is 0.329 e. The Labute approximate surface area is 129 Å². The summed E-state index contributed by atoms with van der Waals surface area (Å²) in [6.45, 7) is 0.840. The number of nitrogens with zero attached hydrogens (tertiary/aromatic N) is 2. The molecule has 1 amide bonds. The second-order valence-corrected chi connectivity index (χ2v) is 6.44. The van der Waals surface area contributed by atoms with Gasteiger partial charge in [-0.3, -0.25) is 9.48 Å². The molecule has 1 aliphatic heterocycles. The number of fused-ring (bicyclic) bond motifs is 1. The van der Waals surface area contributed by atoms with Crippen LogP contribution in [-0.4, -0.2) is 32.3 Å². The first kappa shape index (κ1) is 15.1. The third kappa shape index (κ3) is 2.74. The number of carbonyl (C=O) groups is 2. The first-order valence-corrected chi connectivity index (χ1v) is 8.23. The average molecular weight is 305 g/mol. The van der Waals surface area contributed by atoms with Gasteiger partial charge >= 0.3 is 5.97 Å². The molecule has 2 aliphatic rings. The minimum Gasteiger partial charge on any atom is -0.480 e. The van der Waals surface area contributed by atoms with Crippen LogP contribution in [0.2, 0.25) is 0 Å². The molecule has 1 saturated carbocycles. The van der Waals surface area contributed by atoms with Crippen LogP contribution in [0.25, 0.3) is 0 Å². The van der Waals surface area contributed by atoms with Gasteiger partial charge in [0.2, 0.25) is 0 Å². The molecule has 0 saturated heterocycles. The molecule has 1 aromatic heterocycles. The van der Waals surface area contributed by atoms with E-state index in [1.807, 2.05) is 4.68 Å². The zero-order valence-electron chi connectivity index (χ0n) is 12.8. The van der Waals surface area contributed by atoms with Gasteiger partial charge in [0.05, 0.1) is 17.5 Å². The first-order valence-electron chi connectivity index (χ1n) is 8.23. The van der Waals surface area contributed by atoms with Crippen molar-refractivity contribution in [3.05, 3.63) is 17.5 Å². The van der Waals surface area contributed by atoms with E-state index in [1.165, 1.54) is 0 Å². The van der Waals surface area contributed by atoms with Crippen LogP contribution < -0.4 is 5.32 Å². The molecule has 0 radical (unpaired) electrons. The van der Waals surface area contributed by atoms with Gasteiger partial charge in [-0.05, 0) is 32.1 Å². The number of aromatic nitrogens is 2. The molecule has 2 heterocycles. The summed E-state index contributed by atoms with van der Waals surface area (Å²) in [6, 6.07) is 0. The highest BCUT2D eigenvalue weighted by Crippen LogP contribution is 2.28. The van der Waals surface area contributed by atoms with Gasteiger partial charge in [0.1, 0.15) is 5.54 Å². The SMILES string of the molecule is O=C(NC1(C(=O)O)CCCCCC1)c1cnn2c1CCCC2. The molecule has 3 rings (SSSR count). The van der Waals surface area contributed by atoms with Crippen molar-refractivity contribution in [2.45, 2.75) is 69.9 Å². The third-order valence-corrected chi connectivity index (χ3v) is 4.95. The Morgan fingerprint density at radius 3 is 2.55 bits per heavy atom. The zero-order valence-corrected chi connectivity index (χ0v) is 12.8. The molecule has 1 aromatic rings. The van der Waals surface area contributed by atoms with Crippen molar-refractivity contribution in [2.75, 3.05) is 0 Å². The maximum absolute atomic E-state index is 12.6. The van der Waals surface area contributed by atoms with Crippen LogP contribution >= 0.6 is 0 Å². The highest BCUT2D eigenvalue weighted by molar-refractivity contribution is 5.98. The van der Waals surface area contributed by atoms with E-state index in [9.17, 15) is 14.7 Å². The van der Waals surface area contributed by atoms with E-state index in [4.69, 9.17) is 0 Å². The van der Waals surface area contributed by atoms with Crippen LogP contribution in [0.1, 0.15) is 67.4 Å². The largest absolute Gasteiger partial charge is 0.480 e. The summed E-state index contributed by atoms with van der Waals surface area (Å²) in [7, 11) is 0. The van der Waals surface area contributed by atoms with Crippen LogP contribution in [0.3, 0.4) is 0 Å². The van der Waals surface area contributed by atoms with Gasteiger partial charge in [0, 0.05) is 6.54 Å². The summed E-state index contributed by atoms with van der Waals surface area (Å²) in [5, 5.41) is 16.8. The summed E-state index contributed by atoms with van der Waals surface area (Å²) < 4.78 is 1.87. The fraction of sp³-hybridized carbons (Fsp3) is 0.688. The maximum atomic E-state index is 12.6. The van der Waals surface area contributed by atoms with Crippen LogP contribution in [0.4, 0.5) is 0 Å². The van der Waals surface area contributed by atoms with Crippen molar-refractivity contribution in [2.24, 2.45) is 0 Å². The van der Waals surface area contributed by atoms with E-state index in [-0.39, 0.29) is 5.91 Å². The van der Waals surface area contributed by atoms with Gasteiger partial charge < -0.3 is 10.4 Å². The molecular weight excluding hydrogens is 282 g/mol. The van der Waals surface area contributed by atoms with E-state index >= 15 is 0 Å². The standard InChI is InChI=1S/C16H23N3O3/c20-14(12-11-17-19-10-6-3-7-13(12)19)18-16(15(21)22)8-4-1-2-5-9-16/h11H,1-10H2,(H,18,20)(H,21,22). The summed E-state index contributed by atoms with van der Waals surface area (Å²) in [4.78, 5) is 24.4. The Balaban J connectivity index is 1.82. The minimum atomic E-state index is -1.11. The first-order chi connectivity index (χ1) is 10.6. The number of aryl methyl sites for hydroxylation is 1. The lowest BCUT2D eigenvalue weighted by atomic mass is 9.89. The number of carbonyl (C=O) groups excluding carboxylic acids is 1. The molecule has 22 heavy (non-hydrogen) atoms. The molecule has 1 fully saturated rings. The number of carboxylic acid groups (broad SMARTS) is 1. The Morgan fingerprint density at radius 2 is 1.86 bits per heavy atom. The minimum absolute atomic E-state index is 0.285. The Morgan fingerprint density at radius 1 is 1.14 bits per heavy atom. The van der Waals surface area contributed by atoms with Crippen molar-refractivity contribution in [3.63, 3.8) is 0 Å². The van der Waals surface area contributed by atoms with Crippen molar-refractivity contribution in [1.29, 1.82) is 0 Å². The summed E-state index contributed by atoms with van der Waals surface area (Å²) in [6.07, 6.45) is 9.34. The summed E-state index contributed by atoms with van der Waals surface area (Å²) in [5.74, 6) is -1.20. The Kier molecular flexibility index (Phi) is 4.18. The van der Waals surface area contributed by atoms with Gasteiger partial charge in [-0.2, -0.15) is 5.10 Å². The topological polar surface area (TPSA) is 84.2 Å². The Hall–Kier alpha value is -1.85. The zero-order chi connectivity index (χ0) is 15.6. The van der Waals surface area contributed by atoms with E-state index in [2.05, 4.69) is 10.4 Å². The molecule has 6 nitrogen and oxygen atoms in total. The lowest BCUT2D eigenvalue weighted by Gasteiger charge is -2.29. The predicted molar refractivity (Wildman–Crippen MR) is 80.7 cm³/mol. The molecule has 0 bridgehead atoms. The van der Waals surface area contributed by atoms with Gasteiger partial charge in [0.25, 0.3) is 5.91 Å². The van der Waals surface area contributed by atoms with Crippen molar-refractivity contribution < 1.29 is 14.7 Å². The molecule has 6 heteroatoms. The highest BCUT2D eigenvalue weighted by Gasteiger charge is 2.40. The van der Waals surface area contributed by atoms with Crippen LogP contribution in [0.5, 0.6) is 0 Å². The lowest BCUT2D eigenvalue weighted by Crippen LogP contribution is -2.54. The summed E-state index contributed by atoms with van der Waals surface area (Å²) >= 11 is 0. The second-order valence-electron chi connectivity index (χ2n) is 6.44. The molecule has 120 valence electrons. The monoisotopic (exact) mass is 305 g/mol. The quantitative estimate of drug-likeness (QED) is 0.838. The van der Waals surface area contributed by atoms with Gasteiger partial charge in [0.15, 0.2) is 0 Å². The van der Waals surface area contributed by atoms with Crippen LogP contribution in [0.15, 0.2) is 6.20 Å². The smallest absolute Gasteiger partial charge is 0.329 e. The number of carboxylic acids is 1. The lowest BCUT2D eigenvalue weighted by molar-refractivity contribution is -0.145. The van der Waals surface area contributed by atoms with E-state index in [0.717, 1.165) is 57.2 Å². The number of rotatable bonds is 3. The van der Waals surface area contributed by atoms with Crippen molar-refractivity contribution in [1.82, 2.24) is 15.1 Å². The van der Waals surface area contributed by atoms with Gasteiger partial charge in [-0.1, -0.05) is 25.7 Å². The van der Waals surface area contributed by atoms with E-state index in [1.54, 1.807) is 6.20 Å². The number of amides is 1. The molecule has 1 aliphatic carbocycles. The number of hydrogen-bond donors (Lipinski definition) is 2. The molecule has 0 unspecified atom stereocenters. The normalized spacial score (nSPS) is 20.7. The van der Waals surface area contributed by atoms with Crippen LogP contribution in [-0.2, 0) is 17.8 Å². The van der Waals surface area contributed by atoms with E-state index < -0.39 is 11.5 Å². The van der Waals surface area contributed by atoms with Crippen molar-refractivity contribution >= 4 is 11.9 Å². The fourth-order valence-corrected chi connectivity index (χ4v) is 3.62. The molecule has 0 atom stereocenters. The molecular formula is C16H23N3O3. The fourth-order valence-electron chi connectivity index (χ4n) is 3.62. The van der Waals surface area contributed by atoms with Crippen molar-refractivity contribution in [3.8, 4) is 0 Å². The van der Waals surface area contributed by atoms with Gasteiger partial charge in [-0.25, -0.2) is 4.79 Å². The average Bonchev–Trinajstić information content (AvgIpc) is 2.80. The second kappa shape index (κ2) is 6.10. The Bertz CT molecular complexity index is 571. The summed E-state index contributed by atoms with van der Waals surface area (Å²) in [5.41, 5.74) is 0.374. The third-order valence-electron chi connectivity index (χ3n) is 4.95. The highest BCUT2D eigenvalue weighted by atomic mass is 16.4. The van der Waals surface area contributed by atoms with Gasteiger partial charge in [-0.15, -0.1) is 0 Å².